The quantitative estimate of drug-likeness (QED) is 0.140. The molecule has 0 aliphatic heterocycles. The molecule has 0 heterocycles. The van der Waals surface area contributed by atoms with Gasteiger partial charge in [-0.3, -0.25) is 14.4 Å². The monoisotopic (exact) mass is 674 g/mol. The molecule has 216 valence electrons. The van der Waals surface area contributed by atoms with E-state index in [-0.39, 0.29) is 33.8 Å². The fraction of sp³-hybridized carbons (Fsp3) is 0.154. The highest BCUT2D eigenvalue weighted by atomic mass is 79.9. The largest absolute Gasteiger partial charge is 0.490 e. The van der Waals surface area contributed by atoms with E-state index in [9.17, 15) is 27.6 Å². The van der Waals surface area contributed by atoms with Gasteiger partial charge in [0.15, 0.2) is 18.1 Å². The molecule has 3 rings (SSSR count). The van der Waals surface area contributed by atoms with Crippen molar-refractivity contribution < 1.29 is 37.0 Å². The average Bonchev–Trinajstić information content (AvgIpc) is 2.90. The number of hydrogen-bond donors (Lipinski definition) is 3. The lowest BCUT2D eigenvalue weighted by molar-refractivity contribution is -0.137. The van der Waals surface area contributed by atoms with E-state index in [0.717, 1.165) is 12.1 Å². The number of hydrogen-bond acceptors (Lipinski definition) is 6. The van der Waals surface area contributed by atoms with Crippen molar-refractivity contribution in [2.45, 2.75) is 13.1 Å². The van der Waals surface area contributed by atoms with Crippen LogP contribution in [0.3, 0.4) is 0 Å². The molecule has 0 aliphatic carbocycles. The van der Waals surface area contributed by atoms with Gasteiger partial charge in [0, 0.05) is 0 Å². The maximum atomic E-state index is 13.2. The summed E-state index contributed by atoms with van der Waals surface area (Å²) in [6.07, 6.45) is -3.43. The van der Waals surface area contributed by atoms with Gasteiger partial charge in [0.25, 0.3) is 5.91 Å². The summed E-state index contributed by atoms with van der Waals surface area (Å²) < 4.78 is 51.0. The van der Waals surface area contributed by atoms with Gasteiger partial charge in [0.2, 0.25) is 0 Å². The molecule has 3 N–H and O–H groups in total. The van der Waals surface area contributed by atoms with Gasteiger partial charge in [-0.2, -0.15) is 18.3 Å². The average molecular weight is 676 g/mol. The Bertz CT molecular complexity index is 1490. The van der Waals surface area contributed by atoms with Crippen LogP contribution in [0, 0.1) is 0 Å². The van der Waals surface area contributed by atoms with E-state index in [4.69, 9.17) is 32.7 Å². The number of nitrogens with one attached hydrogen (secondary N) is 3. The lowest BCUT2D eigenvalue weighted by atomic mass is 10.1. The molecule has 0 atom stereocenters. The molecule has 0 saturated heterocycles. The number of para-hydroxylation sites is 1. The van der Waals surface area contributed by atoms with Crippen LogP contribution >= 0.6 is 39.1 Å². The van der Waals surface area contributed by atoms with Gasteiger partial charge in [0.1, 0.15) is 0 Å². The third-order valence-electron chi connectivity index (χ3n) is 4.97. The molecular formula is C26H20BrCl2F3N4O5. The molecule has 9 nitrogen and oxygen atoms in total. The molecule has 0 unspecified atom stereocenters. The summed E-state index contributed by atoms with van der Waals surface area (Å²) in [5.41, 5.74) is 1.21. The van der Waals surface area contributed by atoms with Crippen LogP contribution in [0.15, 0.2) is 64.2 Å². The SMILES string of the molecule is CCOc1cc(/C=N\NC(=O)C(=O)Nc2cccc(Cl)c2Cl)cc(Br)c1OCC(=O)Nc1ccccc1C(F)(F)F. The van der Waals surface area contributed by atoms with Crippen molar-refractivity contribution in [2.75, 3.05) is 23.8 Å². The minimum Gasteiger partial charge on any atom is -0.490 e. The van der Waals surface area contributed by atoms with Gasteiger partial charge in [-0.1, -0.05) is 41.4 Å². The molecule has 3 amide bonds. The van der Waals surface area contributed by atoms with Gasteiger partial charge in [0.05, 0.1) is 44.3 Å². The van der Waals surface area contributed by atoms with Crippen LogP contribution in [0.25, 0.3) is 0 Å². The Kier molecular flexibility index (Phi) is 11.0. The van der Waals surface area contributed by atoms with Crippen LogP contribution in [-0.2, 0) is 20.6 Å². The Balaban J connectivity index is 1.65. The van der Waals surface area contributed by atoms with E-state index in [1.807, 2.05) is 0 Å². The summed E-state index contributed by atoms with van der Waals surface area (Å²) in [5, 5.41) is 8.52. The van der Waals surface area contributed by atoms with Gasteiger partial charge >= 0.3 is 18.0 Å². The van der Waals surface area contributed by atoms with E-state index in [0.29, 0.717) is 10.0 Å². The van der Waals surface area contributed by atoms with Crippen LogP contribution in [0.5, 0.6) is 11.5 Å². The summed E-state index contributed by atoms with van der Waals surface area (Å²) in [7, 11) is 0. The van der Waals surface area contributed by atoms with Gasteiger partial charge in [-0.05, 0) is 64.8 Å². The lowest BCUT2D eigenvalue weighted by Crippen LogP contribution is -2.32. The van der Waals surface area contributed by atoms with Crippen molar-refractivity contribution in [3.8, 4) is 11.5 Å². The second-order valence-corrected chi connectivity index (χ2v) is 9.54. The second kappa shape index (κ2) is 14.2. The number of rotatable bonds is 9. The number of halogens is 6. The Morgan fingerprint density at radius 3 is 2.39 bits per heavy atom. The Morgan fingerprint density at radius 1 is 0.976 bits per heavy atom. The van der Waals surface area contributed by atoms with E-state index in [1.54, 1.807) is 13.0 Å². The molecule has 15 heteroatoms. The molecule has 0 saturated carbocycles. The molecule has 0 bridgehead atoms. The number of amides is 3. The zero-order chi connectivity index (χ0) is 30.2. The maximum absolute atomic E-state index is 13.2. The first-order valence-corrected chi connectivity index (χ1v) is 13.1. The van der Waals surface area contributed by atoms with E-state index >= 15 is 0 Å². The number of carbonyl (C=O) groups excluding carboxylic acids is 3. The normalized spacial score (nSPS) is 11.2. The molecule has 0 aliphatic rings. The fourth-order valence-corrected chi connectivity index (χ4v) is 4.15. The maximum Gasteiger partial charge on any atom is 0.418 e. The topological polar surface area (TPSA) is 118 Å². The standard InChI is InChI=1S/C26H20BrCl2F3N4O5/c1-2-40-20-11-14(12-33-36-25(39)24(38)35-19-9-5-7-17(28)22(19)29)10-16(27)23(20)41-13-21(37)34-18-8-4-3-6-15(18)26(30,31)32/h3-12H,2,13H2,1H3,(H,34,37)(H,35,38)(H,36,39)/b33-12-. The highest BCUT2D eigenvalue weighted by Gasteiger charge is 2.33. The third kappa shape index (κ3) is 8.84. The minimum atomic E-state index is -4.65. The summed E-state index contributed by atoms with van der Waals surface area (Å²) in [4.78, 5) is 36.6. The third-order valence-corrected chi connectivity index (χ3v) is 6.38. The number of nitrogens with zero attached hydrogens (tertiary/aromatic N) is 1. The molecule has 41 heavy (non-hydrogen) atoms. The number of alkyl halides is 3. The molecule has 0 spiro atoms. The number of ether oxygens (including phenoxy) is 2. The summed E-state index contributed by atoms with van der Waals surface area (Å²) in [6.45, 7) is 1.28. The zero-order valence-electron chi connectivity index (χ0n) is 20.9. The Hall–Kier alpha value is -3.81. The van der Waals surface area contributed by atoms with Crippen molar-refractivity contribution in [1.82, 2.24) is 5.43 Å². The van der Waals surface area contributed by atoms with Crippen LogP contribution in [0.1, 0.15) is 18.1 Å². The predicted molar refractivity (Wildman–Crippen MR) is 152 cm³/mol. The number of hydrazone groups is 1. The number of anilines is 2. The van der Waals surface area contributed by atoms with Crippen LogP contribution in [0.4, 0.5) is 24.5 Å². The van der Waals surface area contributed by atoms with Crippen molar-refractivity contribution >= 4 is 74.4 Å². The first-order valence-electron chi connectivity index (χ1n) is 11.5. The number of benzene rings is 3. The smallest absolute Gasteiger partial charge is 0.418 e. The molecule has 3 aromatic carbocycles. The van der Waals surface area contributed by atoms with Gasteiger partial charge in [-0.15, -0.1) is 0 Å². The highest BCUT2D eigenvalue weighted by Crippen LogP contribution is 2.37. The fourth-order valence-electron chi connectivity index (χ4n) is 3.22. The Morgan fingerprint density at radius 2 is 1.68 bits per heavy atom. The first-order chi connectivity index (χ1) is 19.4. The first kappa shape index (κ1) is 31.7. The van der Waals surface area contributed by atoms with Gasteiger partial charge in [-0.25, -0.2) is 5.43 Å². The molecule has 3 aromatic rings. The second-order valence-electron chi connectivity index (χ2n) is 7.90. The molecule has 0 aromatic heterocycles. The number of carbonyl (C=O) groups is 3. The summed E-state index contributed by atoms with van der Waals surface area (Å²) in [6, 6.07) is 12.1. The molecule has 0 radical (unpaired) electrons. The summed E-state index contributed by atoms with van der Waals surface area (Å²) >= 11 is 15.2. The van der Waals surface area contributed by atoms with Crippen molar-refractivity contribution in [1.29, 1.82) is 0 Å². The highest BCUT2D eigenvalue weighted by molar-refractivity contribution is 9.10. The molecular weight excluding hydrogens is 656 g/mol. The van der Waals surface area contributed by atoms with E-state index in [2.05, 4.69) is 37.1 Å². The van der Waals surface area contributed by atoms with Crippen molar-refractivity contribution in [2.24, 2.45) is 5.10 Å². The predicted octanol–water partition coefficient (Wildman–Crippen LogP) is 6.28. The van der Waals surface area contributed by atoms with E-state index < -0.39 is 41.8 Å². The van der Waals surface area contributed by atoms with Crippen molar-refractivity contribution in [3.63, 3.8) is 0 Å². The Labute approximate surface area is 250 Å². The van der Waals surface area contributed by atoms with Crippen LogP contribution in [0.2, 0.25) is 10.0 Å². The van der Waals surface area contributed by atoms with Crippen LogP contribution in [-0.4, -0.2) is 37.1 Å². The molecule has 0 fully saturated rings. The zero-order valence-corrected chi connectivity index (χ0v) is 24.0. The summed E-state index contributed by atoms with van der Waals surface area (Å²) in [5.74, 6) is -2.68. The van der Waals surface area contributed by atoms with E-state index in [1.165, 1.54) is 42.6 Å². The lowest BCUT2D eigenvalue weighted by Gasteiger charge is -2.16. The van der Waals surface area contributed by atoms with Crippen molar-refractivity contribution in [3.05, 3.63) is 80.2 Å². The minimum absolute atomic E-state index is 0.0676. The van der Waals surface area contributed by atoms with Crippen LogP contribution < -0.4 is 25.5 Å². The van der Waals surface area contributed by atoms with Gasteiger partial charge < -0.3 is 20.1 Å².